The molecule has 1 unspecified atom stereocenters. The lowest BCUT2D eigenvalue weighted by atomic mass is 10.2. The van der Waals surface area contributed by atoms with Gasteiger partial charge in [0.05, 0.1) is 12.7 Å². The van der Waals surface area contributed by atoms with Crippen LogP contribution in [0.3, 0.4) is 0 Å². The first-order chi connectivity index (χ1) is 4.51. The highest BCUT2D eigenvalue weighted by molar-refractivity contribution is 4.74. The lowest BCUT2D eigenvalue weighted by molar-refractivity contribution is -0.149. The molecule has 1 N–H and O–H groups in total. The summed E-state index contributed by atoms with van der Waals surface area (Å²) in [6.45, 7) is 5.88. The minimum absolute atomic E-state index is 0.157. The van der Waals surface area contributed by atoms with Gasteiger partial charge in [0.2, 0.25) is 0 Å². The largest absolute Gasteiger partial charge is 0.391 e. The van der Waals surface area contributed by atoms with E-state index >= 15 is 0 Å². The summed E-state index contributed by atoms with van der Waals surface area (Å²) in [4.78, 5) is 0. The van der Waals surface area contributed by atoms with Crippen molar-refractivity contribution in [1.29, 1.82) is 0 Å². The van der Waals surface area contributed by atoms with Crippen LogP contribution in [0.15, 0.2) is 0 Å². The maximum atomic E-state index is 9.08. The Morgan fingerprint density at radius 1 is 1.60 bits per heavy atom. The average molecular weight is 146 g/mol. The zero-order chi connectivity index (χ0) is 7.78. The molecule has 10 heavy (non-hydrogen) atoms. The van der Waals surface area contributed by atoms with Crippen LogP contribution in [0.2, 0.25) is 0 Å². The molecule has 0 spiro atoms. The van der Waals surface area contributed by atoms with Gasteiger partial charge >= 0.3 is 0 Å². The lowest BCUT2D eigenvalue weighted by Gasteiger charge is -2.17. The highest BCUT2D eigenvalue weighted by Crippen LogP contribution is 2.23. The van der Waals surface area contributed by atoms with Crippen LogP contribution in [-0.4, -0.2) is 29.7 Å². The van der Waals surface area contributed by atoms with E-state index < -0.39 is 11.9 Å². The minimum atomic E-state index is -0.512. The second-order valence-corrected chi connectivity index (χ2v) is 3.11. The maximum Gasteiger partial charge on any atom is 0.163 e. The van der Waals surface area contributed by atoms with Gasteiger partial charge in [-0.25, -0.2) is 0 Å². The SMILES string of the molecule is CC(O)[C@H]1COC(C)(C)O1. The smallest absolute Gasteiger partial charge is 0.163 e. The van der Waals surface area contributed by atoms with Crippen molar-refractivity contribution < 1.29 is 14.6 Å². The molecule has 0 aromatic carbocycles. The monoisotopic (exact) mass is 146 g/mol. The van der Waals surface area contributed by atoms with E-state index in [1.54, 1.807) is 6.92 Å². The fraction of sp³-hybridized carbons (Fsp3) is 1.00. The Kier molecular flexibility index (Phi) is 1.99. The molecule has 1 saturated heterocycles. The van der Waals surface area contributed by atoms with E-state index in [0.29, 0.717) is 6.61 Å². The van der Waals surface area contributed by atoms with Crippen molar-refractivity contribution in [2.75, 3.05) is 6.61 Å². The molecule has 1 aliphatic rings. The van der Waals surface area contributed by atoms with E-state index in [1.807, 2.05) is 13.8 Å². The molecule has 1 rings (SSSR count). The summed E-state index contributed by atoms with van der Waals surface area (Å²) in [7, 11) is 0. The second-order valence-electron chi connectivity index (χ2n) is 3.11. The standard InChI is InChI=1S/C7H14O3/c1-5(8)6-4-9-7(2,3)10-6/h5-6,8H,4H2,1-3H3/t5?,6-/m1/s1. The molecule has 0 radical (unpaired) electrons. The molecule has 0 aliphatic carbocycles. The van der Waals surface area contributed by atoms with Crippen LogP contribution in [0.25, 0.3) is 0 Å². The van der Waals surface area contributed by atoms with Crippen molar-refractivity contribution >= 4 is 0 Å². The molecule has 1 heterocycles. The molecule has 0 bridgehead atoms. The van der Waals surface area contributed by atoms with Gasteiger partial charge in [0.1, 0.15) is 6.10 Å². The van der Waals surface area contributed by atoms with E-state index in [1.165, 1.54) is 0 Å². The number of hydrogen-bond acceptors (Lipinski definition) is 3. The van der Waals surface area contributed by atoms with Gasteiger partial charge < -0.3 is 14.6 Å². The Morgan fingerprint density at radius 3 is 2.40 bits per heavy atom. The minimum Gasteiger partial charge on any atom is -0.391 e. The zero-order valence-corrected chi connectivity index (χ0v) is 6.63. The van der Waals surface area contributed by atoms with Crippen LogP contribution < -0.4 is 0 Å². The highest BCUT2D eigenvalue weighted by atomic mass is 16.7. The van der Waals surface area contributed by atoms with E-state index in [9.17, 15) is 0 Å². The van der Waals surface area contributed by atoms with E-state index in [4.69, 9.17) is 14.6 Å². The Morgan fingerprint density at radius 2 is 2.20 bits per heavy atom. The van der Waals surface area contributed by atoms with Crippen LogP contribution in [0.4, 0.5) is 0 Å². The van der Waals surface area contributed by atoms with Gasteiger partial charge in [-0.1, -0.05) is 0 Å². The van der Waals surface area contributed by atoms with Gasteiger partial charge in [-0.15, -0.1) is 0 Å². The van der Waals surface area contributed by atoms with Crippen molar-refractivity contribution in [2.24, 2.45) is 0 Å². The highest BCUT2D eigenvalue weighted by Gasteiger charge is 2.34. The number of rotatable bonds is 1. The molecule has 1 aliphatic heterocycles. The van der Waals surface area contributed by atoms with E-state index in [2.05, 4.69) is 0 Å². The first-order valence-corrected chi connectivity index (χ1v) is 3.51. The molecule has 0 amide bonds. The maximum absolute atomic E-state index is 9.08. The number of hydrogen-bond donors (Lipinski definition) is 1. The summed E-state index contributed by atoms with van der Waals surface area (Å²) in [5, 5.41) is 9.08. The van der Waals surface area contributed by atoms with Crippen molar-refractivity contribution in [3.05, 3.63) is 0 Å². The Labute approximate surface area is 60.9 Å². The zero-order valence-electron chi connectivity index (χ0n) is 6.63. The summed E-state index contributed by atoms with van der Waals surface area (Å²) in [5.41, 5.74) is 0. The molecular formula is C7H14O3. The van der Waals surface area contributed by atoms with Crippen LogP contribution in [0.5, 0.6) is 0 Å². The molecule has 3 heteroatoms. The van der Waals surface area contributed by atoms with Gasteiger partial charge in [0.25, 0.3) is 0 Å². The lowest BCUT2D eigenvalue weighted by Crippen LogP contribution is -2.28. The third-order valence-corrected chi connectivity index (χ3v) is 1.57. The number of aliphatic hydroxyl groups excluding tert-OH is 1. The normalized spacial score (nSPS) is 34.2. The predicted molar refractivity (Wildman–Crippen MR) is 36.6 cm³/mol. The summed E-state index contributed by atoms with van der Waals surface area (Å²) < 4.78 is 10.6. The molecule has 0 saturated carbocycles. The summed E-state index contributed by atoms with van der Waals surface area (Å²) in [6.07, 6.45) is -0.600. The van der Waals surface area contributed by atoms with E-state index in [-0.39, 0.29) is 6.10 Å². The van der Waals surface area contributed by atoms with Crippen molar-refractivity contribution in [2.45, 2.75) is 38.8 Å². The third kappa shape index (κ3) is 1.68. The van der Waals surface area contributed by atoms with Crippen molar-refractivity contribution in [3.8, 4) is 0 Å². The summed E-state index contributed by atoms with van der Waals surface area (Å²) in [6, 6.07) is 0. The second kappa shape index (κ2) is 2.49. The summed E-state index contributed by atoms with van der Waals surface area (Å²) >= 11 is 0. The van der Waals surface area contributed by atoms with Crippen LogP contribution in [0, 0.1) is 0 Å². The number of aliphatic hydroxyl groups is 1. The molecule has 2 atom stereocenters. The molecular weight excluding hydrogens is 132 g/mol. The van der Waals surface area contributed by atoms with Crippen LogP contribution >= 0.6 is 0 Å². The fourth-order valence-corrected chi connectivity index (χ4v) is 0.953. The topological polar surface area (TPSA) is 38.7 Å². The molecule has 1 fully saturated rings. The molecule has 0 aromatic heterocycles. The van der Waals surface area contributed by atoms with Gasteiger partial charge in [-0.2, -0.15) is 0 Å². The Bertz CT molecular complexity index is 120. The fourth-order valence-electron chi connectivity index (χ4n) is 0.953. The molecule has 3 nitrogen and oxygen atoms in total. The first-order valence-electron chi connectivity index (χ1n) is 3.51. The average Bonchev–Trinajstić information content (AvgIpc) is 2.10. The predicted octanol–water partition coefficient (Wildman–Crippen LogP) is 0.519. The molecule has 60 valence electrons. The van der Waals surface area contributed by atoms with Crippen molar-refractivity contribution in [1.82, 2.24) is 0 Å². The van der Waals surface area contributed by atoms with Crippen molar-refractivity contribution in [3.63, 3.8) is 0 Å². The first kappa shape index (κ1) is 7.98. The van der Waals surface area contributed by atoms with Gasteiger partial charge in [-0.3, -0.25) is 0 Å². The summed E-state index contributed by atoms with van der Waals surface area (Å²) in [5.74, 6) is -0.512. The van der Waals surface area contributed by atoms with Crippen LogP contribution in [-0.2, 0) is 9.47 Å². The quantitative estimate of drug-likeness (QED) is 0.586. The number of ether oxygens (including phenoxy) is 2. The Hall–Kier alpha value is -0.120. The van der Waals surface area contributed by atoms with E-state index in [0.717, 1.165) is 0 Å². The van der Waals surface area contributed by atoms with Crippen LogP contribution in [0.1, 0.15) is 20.8 Å². The van der Waals surface area contributed by atoms with Gasteiger partial charge in [-0.05, 0) is 20.8 Å². The van der Waals surface area contributed by atoms with Gasteiger partial charge in [0, 0.05) is 0 Å². The third-order valence-electron chi connectivity index (χ3n) is 1.57. The van der Waals surface area contributed by atoms with Gasteiger partial charge in [0.15, 0.2) is 5.79 Å². The molecule has 0 aromatic rings. The Balaban J connectivity index is 2.43.